The van der Waals surface area contributed by atoms with Gasteiger partial charge in [-0.15, -0.1) is 0 Å². The van der Waals surface area contributed by atoms with Crippen LogP contribution >= 0.6 is 0 Å². The van der Waals surface area contributed by atoms with Crippen LogP contribution in [0.4, 0.5) is 0 Å². The summed E-state index contributed by atoms with van der Waals surface area (Å²) in [6.45, 7) is 4.44. The number of nitriles is 1. The van der Waals surface area contributed by atoms with Crippen molar-refractivity contribution < 1.29 is 19.1 Å². The smallest absolute Gasteiger partial charge is 0.311 e. The van der Waals surface area contributed by atoms with Crippen molar-refractivity contribution in [2.24, 2.45) is 0 Å². The molecule has 1 amide bonds. The summed E-state index contributed by atoms with van der Waals surface area (Å²) in [6, 6.07) is 6.76. The van der Waals surface area contributed by atoms with Gasteiger partial charge in [-0.2, -0.15) is 5.26 Å². The van der Waals surface area contributed by atoms with Crippen LogP contribution in [0.1, 0.15) is 45.1 Å². The van der Waals surface area contributed by atoms with E-state index in [1.807, 2.05) is 19.9 Å². The molecule has 0 aromatic heterocycles. The number of nitrogens with one attached hydrogen (secondary N) is 1. The summed E-state index contributed by atoms with van der Waals surface area (Å²) in [5, 5.41) is 11.9. The van der Waals surface area contributed by atoms with E-state index in [1.165, 1.54) is 13.2 Å². The number of nitrogens with zero attached hydrogens (tertiary/aromatic N) is 1. The monoisotopic (exact) mass is 344 g/mol. The molecule has 1 aromatic carbocycles. The summed E-state index contributed by atoms with van der Waals surface area (Å²) in [5.41, 5.74) is 0.614. The molecule has 6 nitrogen and oxygen atoms in total. The number of amides is 1. The molecule has 1 N–H and O–H groups in total. The first-order chi connectivity index (χ1) is 12.0. The van der Waals surface area contributed by atoms with Crippen LogP contribution in [0.3, 0.4) is 0 Å². The van der Waals surface area contributed by atoms with E-state index in [4.69, 9.17) is 9.47 Å². The Bertz CT molecular complexity index is 674. The molecule has 0 aliphatic rings. The normalized spacial score (nSPS) is 10.7. The van der Waals surface area contributed by atoms with Gasteiger partial charge in [0.1, 0.15) is 11.6 Å². The molecule has 0 aliphatic heterocycles. The van der Waals surface area contributed by atoms with Crippen LogP contribution in [-0.4, -0.2) is 25.5 Å². The molecule has 134 valence electrons. The van der Waals surface area contributed by atoms with E-state index in [-0.39, 0.29) is 11.5 Å². The molecule has 0 saturated heterocycles. The van der Waals surface area contributed by atoms with Gasteiger partial charge >= 0.3 is 5.97 Å². The maximum Gasteiger partial charge on any atom is 0.311 e. The van der Waals surface area contributed by atoms with Crippen molar-refractivity contribution in [1.29, 1.82) is 5.26 Å². The summed E-state index contributed by atoms with van der Waals surface area (Å²) in [5.74, 6) is -0.0728. The molecule has 0 spiro atoms. The van der Waals surface area contributed by atoms with Crippen molar-refractivity contribution in [3.63, 3.8) is 0 Å². The van der Waals surface area contributed by atoms with Crippen molar-refractivity contribution in [3.05, 3.63) is 29.3 Å². The number of hydrogen-bond donors (Lipinski definition) is 1. The van der Waals surface area contributed by atoms with Gasteiger partial charge in [-0.25, -0.2) is 0 Å². The predicted octanol–water partition coefficient (Wildman–Crippen LogP) is 3.22. The zero-order chi connectivity index (χ0) is 18.7. The molecule has 0 bridgehead atoms. The number of rotatable bonds is 9. The quantitative estimate of drug-likeness (QED) is 0.244. The van der Waals surface area contributed by atoms with Gasteiger partial charge < -0.3 is 14.8 Å². The average molecular weight is 344 g/mol. The van der Waals surface area contributed by atoms with E-state index in [0.717, 1.165) is 12.8 Å². The minimum atomic E-state index is -0.409. The first-order valence-electron chi connectivity index (χ1n) is 8.34. The summed E-state index contributed by atoms with van der Waals surface area (Å²) >= 11 is 0. The Balaban J connectivity index is 2.95. The second-order valence-corrected chi connectivity index (χ2v) is 5.41. The number of ether oxygens (including phenoxy) is 2. The summed E-state index contributed by atoms with van der Waals surface area (Å²) < 4.78 is 10.5. The number of unbranched alkanes of at least 4 members (excludes halogenated alkanes) is 1. The highest BCUT2D eigenvalue weighted by atomic mass is 16.6. The third kappa shape index (κ3) is 6.68. The van der Waals surface area contributed by atoms with E-state index in [1.54, 1.807) is 18.2 Å². The molecule has 1 aromatic rings. The summed E-state index contributed by atoms with van der Waals surface area (Å²) in [7, 11) is 1.46. The predicted molar refractivity (Wildman–Crippen MR) is 95.0 cm³/mol. The highest BCUT2D eigenvalue weighted by molar-refractivity contribution is 6.01. The molecule has 6 heteroatoms. The second-order valence-electron chi connectivity index (χ2n) is 5.41. The minimum Gasteiger partial charge on any atom is -0.493 e. The van der Waals surface area contributed by atoms with Crippen LogP contribution in [0.25, 0.3) is 6.08 Å². The van der Waals surface area contributed by atoms with Gasteiger partial charge in [-0.05, 0) is 36.6 Å². The van der Waals surface area contributed by atoms with Gasteiger partial charge in [0.05, 0.1) is 7.11 Å². The van der Waals surface area contributed by atoms with Gasteiger partial charge in [0, 0.05) is 13.0 Å². The van der Waals surface area contributed by atoms with E-state index in [2.05, 4.69) is 5.32 Å². The molecule has 1 rings (SSSR count). The van der Waals surface area contributed by atoms with Crippen LogP contribution in [0.15, 0.2) is 23.8 Å². The zero-order valence-corrected chi connectivity index (χ0v) is 14.9. The first kappa shape index (κ1) is 20.2. The van der Waals surface area contributed by atoms with E-state index < -0.39 is 5.91 Å². The Hall–Kier alpha value is -2.81. The molecule has 0 aliphatic carbocycles. The van der Waals surface area contributed by atoms with Crippen molar-refractivity contribution in [2.45, 2.75) is 39.5 Å². The molecular weight excluding hydrogens is 320 g/mol. The zero-order valence-electron chi connectivity index (χ0n) is 14.9. The topological polar surface area (TPSA) is 88.4 Å². The largest absolute Gasteiger partial charge is 0.493 e. The fraction of sp³-hybridized carbons (Fsp3) is 0.421. The summed E-state index contributed by atoms with van der Waals surface area (Å²) in [4.78, 5) is 23.6. The Morgan fingerprint density at radius 1 is 1.24 bits per heavy atom. The Morgan fingerprint density at radius 2 is 2.00 bits per heavy atom. The Morgan fingerprint density at radius 3 is 2.60 bits per heavy atom. The number of benzene rings is 1. The lowest BCUT2D eigenvalue weighted by Crippen LogP contribution is -2.25. The van der Waals surface area contributed by atoms with Crippen LogP contribution in [0, 0.1) is 11.3 Å². The van der Waals surface area contributed by atoms with Crippen molar-refractivity contribution in [1.82, 2.24) is 5.32 Å². The molecular formula is C19H24N2O4. The highest BCUT2D eigenvalue weighted by Gasteiger charge is 2.12. The number of methoxy groups -OCH3 is 1. The third-order valence-corrected chi connectivity index (χ3v) is 3.36. The molecule has 0 saturated carbocycles. The van der Waals surface area contributed by atoms with Crippen LogP contribution in [0.5, 0.6) is 11.5 Å². The number of carbonyl (C=O) groups is 2. The van der Waals surface area contributed by atoms with Crippen LogP contribution in [0.2, 0.25) is 0 Å². The molecule has 0 atom stereocenters. The maximum atomic E-state index is 12.0. The van der Waals surface area contributed by atoms with Crippen molar-refractivity contribution in [2.75, 3.05) is 13.7 Å². The van der Waals surface area contributed by atoms with Crippen molar-refractivity contribution in [3.8, 4) is 17.6 Å². The van der Waals surface area contributed by atoms with Gasteiger partial charge in [-0.3, -0.25) is 9.59 Å². The molecule has 0 unspecified atom stereocenters. The average Bonchev–Trinajstić information content (AvgIpc) is 2.60. The lowest BCUT2D eigenvalue weighted by Gasteiger charge is -2.10. The Kier molecular flexibility index (Phi) is 8.80. The van der Waals surface area contributed by atoms with Crippen molar-refractivity contribution >= 4 is 18.0 Å². The number of hydrogen-bond acceptors (Lipinski definition) is 5. The summed E-state index contributed by atoms with van der Waals surface area (Å²) in [6.07, 6.45) is 4.31. The second kappa shape index (κ2) is 10.9. The van der Waals surface area contributed by atoms with Gasteiger partial charge in [0.2, 0.25) is 0 Å². The molecule has 25 heavy (non-hydrogen) atoms. The molecule has 0 fully saturated rings. The van der Waals surface area contributed by atoms with Crippen LogP contribution in [-0.2, 0) is 9.59 Å². The minimum absolute atomic E-state index is 0.00823. The fourth-order valence-electron chi connectivity index (χ4n) is 2.03. The molecule has 0 radical (unpaired) electrons. The lowest BCUT2D eigenvalue weighted by atomic mass is 10.1. The molecule has 0 heterocycles. The van der Waals surface area contributed by atoms with E-state index in [9.17, 15) is 14.9 Å². The van der Waals surface area contributed by atoms with Gasteiger partial charge in [0.25, 0.3) is 5.91 Å². The standard InChI is InChI=1S/C19H24N2O4/c1-4-6-10-21-19(23)15(13-20)11-14-8-9-16(17(12-14)24-3)25-18(22)7-5-2/h8-9,11-12H,4-7,10H2,1-3H3,(H,21,23)/b15-11+. The van der Waals surface area contributed by atoms with E-state index in [0.29, 0.717) is 36.4 Å². The fourth-order valence-corrected chi connectivity index (χ4v) is 2.03. The maximum absolute atomic E-state index is 12.0. The SMILES string of the molecule is CCCCNC(=O)/C(C#N)=C/c1ccc(OC(=O)CCC)c(OC)c1. The van der Waals surface area contributed by atoms with Gasteiger partial charge in [0.15, 0.2) is 11.5 Å². The third-order valence-electron chi connectivity index (χ3n) is 3.36. The van der Waals surface area contributed by atoms with E-state index >= 15 is 0 Å². The van der Waals surface area contributed by atoms with Gasteiger partial charge in [-0.1, -0.05) is 26.3 Å². The van der Waals surface area contributed by atoms with Crippen LogP contribution < -0.4 is 14.8 Å². The lowest BCUT2D eigenvalue weighted by molar-refractivity contribution is -0.134. The first-order valence-corrected chi connectivity index (χ1v) is 8.34. The number of esters is 1. The Labute approximate surface area is 148 Å². The number of carbonyl (C=O) groups excluding carboxylic acids is 2. The highest BCUT2D eigenvalue weighted by Crippen LogP contribution is 2.29.